The predicted octanol–water partition coefficient (Wildman–Crippen LogP) is 3.56. The van der Waals surface area contributed by atoms with Crippen LogP contribution in [0.15, 0.2) is 60.7 Å². The normalized spacial score (nSPS) is 24.0. The molecule has 2 fully saturated rings. The van der Waals surface area contributed by atoms with Crippen molar-refractivity contribution >= 4 is 22.8 Å². The number of likely N-dealkylation sites (tertiary alicyclic amines) is 1. The molecule has 3 aromatic rings. The van der Waals surface area contributed by atoms with Crippen molar-refractivity contribution < 1.29 is 14.3 Å². The third-order valence-electron chi connectivity index (χ3n) is 6.69. The van der Waals surface area contributed by atoms with Gasteiger partial charge in [-0.2, -0.15) is 0 Å². The summed E-state index contributed by atoms with van der Waals surface area (Å²) in [6.07, 6.45) is 2.27. The number of fused-ring (bicyclic) bond motifs is 3. The van der Waals surface area contributed by atoms with E-state index in [9.17, 15) is 9.59 Å². The minimum atomic E-state index is -0.698. The fourth-order valence-electron chi connectivity index (χ4n) is 4.94. The summed E-state index contributed by atoms with van der Waals surface area (Å²) >= 11 is 0. The van der Waals surface area contributed by atoms with E-state index in [2.05, 4.69) is 0 Å². The Morgan fingerprint density at radius 1 is 0.966 bits per heavy atom. The van der Waals surface area contributed by atoms with E-state index in [4.69, 9.17) is 9.72 Å². The van der Waals surface area contributed by atoms with Crippen LogP contribution in [0.3, 0.4) is 0 Å². The van der Waals surface area contributed by atoms with E-state index < -0.39 is 11.0 Å². The zero-order valence-corrected chi connectivity index (χ0v) is 15.9. The van der Waals surface area contributed by atoms with Crippen molar-refractivity contribution in [1.82, 2.24) is 9.88 Å². The number of amides is 1. The molecule has 144 valence electrons. The van der Waals surface area contributed by atoms with Crippen LogP contribution in [0.25, 0.3) is 10.9 Å². The lowest BCUT2D eigenvalue weighted by Gasteiger charge is -2.26. The summed E-state index contributed by atoms with van der Waals surface area (Å²) < 4.78 is 5.81. The number of carbonyl (C=O) groups is 2. The number of aromatic nitrogens is 1. The van der Waals surface area contributed by atoms with Crippen molar-refractivity contribution in [2.45, 2.75) is 30.3 Å². The predicted molar refractivity (Wildman–Crippen MR) is 107 cm³/mol. The van der Waals surface area contributed by atoms with Crippen LogP contribution in [0.2, 0.25) is 0 Å². The maximum Gasteiger partial charge on any atom is 0.339 e. The van der Waals surface area contributed by atoms with Crippen LogP contribution in [0.5, 0.6) is 0 Å². The van der Waals surface area contributed by atoms with E-state index in [1.165, 1.54) is 0 Å². The van der Waals surface area contributed by atoms with Crippen LogP contribution in [-0.4, -0.2) is 34.8 Å². The third kappa shape index (κ3) is 2.30. The Bertz CT molecular complexity index is 1180. The molecular weight excluding hydrogens is 364 g/mol. The Morgan fingerprint density at radius 3 is 2.62 bits per heavy atom. The summed E-state index contributed by atoms with van der Waals surface area (Å²) in [6.45, 7) is 1.01. The van der Waals surface area contributed by atoms with Gasteiger partial charge in [0.1, 0.15) is 0 Å². The van der Waals surface area contributed by atoms with E-state index in [-0.39, 0.29) is 11.9 Å². The fourth-order valence-corrected chi connectivity index (χ4v) is 4.94. The average Bonchev–Trinajstić information content (AvgIpc) is 3.39. The summed E-state index contributed by atoms with van der Waals surface area (Å²) in [5.74, 6) is -0.176. The first-order chi connectivity index (χ1) is 14.1. The molecule has 2 aromatic carbocycles. The second-order valence-electron chi connectivity index (χ2n) is 8.38. The average molecular weight is 384 g/mol. The fraction of sp³-hybridized carbons (Fsp3) is 0.292. The molecule has 1 aliphatic carbocycles. The monoisotopic (exact) mass is 384 g/mol. The highest BCUT2D eigenvalue weighted by atomic mass is 16.6. The van der Waals surface area contributed by atoms with E-state index in [1.807, 2.05) is 59.5 Å². The number of hydrogen-bond donors (Lipinski definition) is 0. The number of para-hydroxylation sites is 1. The maximum absolute atomic E-state index is 13.5. The smallest absolute Gasteiger partial charge is 0.339 e. The van der Waals surface area contributed by atoms with Gasteiger partial charge in [-0.1, -0.05) is 42.5 Å². The number of pyridine rings is 1. The summed E-state index contributed by atoms with van der Waals surface area (Å²) in [4.78, 5) is 32.5. The number of ether oxygens (including phenoxy) is 1. The molecule has 0 N–H and O–H groups in total. The molecular formula is C24H20N2O3. The molecule has 1 saturated carbocycles. The molecule has 1 amide bonds. The second-order valence-corrected chi connectivity index (χ2v) is 8.38. The highest BCUT2D eigenvalue weighted by Crippen LogP contribution is 2.51. The highest BCUT2D eigenvalue weighted by Gasteiger charge is 2.58. The van der Waals surface area contributed by atoms with Crippen molar-refractivity contribution in [2.24, 2.45) is 0 Å². The van der Waals surface area contributed by atoms with Gasteiger partial charge in [0.2, 0.25) is 5.91 Å². The molecule has 1 spiro atoms. The first-order valence-corrected chi connectivity index (χ1v) is 10.1. The Morgan fingerprint density at radius 2 is 1.76 bits per heavy atom. The molecule has 1 aromatic heterocycles. The van der Waals surface area contributed by atoms with Crippen molar-refractivity contribution in [3.05, 3.63) is 77.5 Å². The standard InChI is InChI=1S/C24H20N2O3/c27-21-17-6-2-3-7-18(17)24(29-21)13-14-26(15-24)22(28)23(11-12-23)20-10-9-16-5-1-4-8-19(16)25-20/h1-10H,11-15H2/t24-/m0/s1. The van der Waals surface area contributed by atoms with Gasteiger partial charge >= 0.3 is 5.97 Å². The molecule has 2 aliphatic heterocycles. The SMILES string of the molecule is O=C1O[C@]2(CCN(C(=O)C3(c4ccc5ccccc5n4)CC3)C2)c2ccccc21. The molecule has 0 bridgehead atoms. The van der Waals surface area contributed by atoms with Gasteiger partial charge in [0.15, 0.2) is 5.60 Å². The van der Waals surface area contributed by atoms with Crippen LogP contribution in [0, 0.1) is 0 Å². The lowest BCUT2D eigenvalue weighted by Crippen LogP contribution is -2.40. The number of benzene rings is 2. The number of esters is 1. The summed E-state index contributed by atoms with van der Waals surface area (Å²) in [5, 5.41) is 1.08. The summed E-state index contributed by atoms with van der Waals surface area (Å²) in [7, 11) is 0. The Labute approximate surface area is 168 Å². The second kappa shape index (κ2) is 5.66. The largest absolute Gasteiger partial charge is 0.449 e. The minimum absolute atomic E-state index is 0.109. The lowest BCUT2D eigenvalue weighted by atomic mass is 9.91. The number of hydrogen-bond acceptors (Lipinski definition) is 4. The molecule has 0 radical (unpaired) electrons. The lowest BCUT2D eigenvalue weighted by molar-refractivity contribution is -0.134. The van der Waals surface area contributed by atoms with Gasteiger partial charge in [-0.3, -0.25) is 9.78 Å². The van der Waals surface area contributed by atoms with Gasteiger partial charge in [-0.25, -0.2) is 4.79 Å². The van der Waals surface area contributed by atoms with Crippen LogP contribution in [0.4, 0.5) is 0 Å². The van der Waals surface area contributed by atoms with Crippen molar-refractivity contribution in [2.75, 3.05) is 13.1 Å². The van der Waals surface area contributed by atoms with Gasteiger partial charge in [0, 0.05) is 23.9 Å². The zero-order chi connectivity index (χ0) is 19.6. The van der Waals surface area contributed by atoms with Gasteiger partial charge in [-0.05, 0) is 31.0 Å². The number of carbonyl (C=O) groups excluding carboxylic acids is 2. The quantitative estimate of drug-likeness (QED) is 0.634. The highest BCUT2D eigenvalue weighted by molar-refractivity contribution is 5.96. The van der Waals surface area contributed by atoms with Crippen LogP contribution in [0.1, 0.15) is 40.9 Å². The first kappa shape index (κ1) is 16.7. The van der Waals surface area contributed by atoms with Crippen molar-refractivity contribution in [3.8, 4) is 0 Å². The molecule has 5 nitrogen and oxygen atoms in total. The maximum atomic E-state index is 13.5. The van der Waals surface area contributed by atoms with Gasteiger partial charge in [0.25, 0.3) is 0 Å². The van der Waals surface area contributed by atoms with E-state index in [0.717, 1.165) is 35.0 Å². The molecule has 0 unspecified atom stereocenters. The van der Waals surface area contributed by atoms with Crippen LogP contribution < -0.4 is 0 Å². The molecule has 1 atom stereocenters. The Balaban J connectivity index is 1.31. The number of rotatable bonds is 2. The molecule has 6 rings (SSSR count). The third-order valence-corrected chi connectivity index (χ3v) is 6.69. The molecule has 29 heavy (non-hydrogen) atoms. The van der Waals surface area contributed by atoms with Crippen molar-refractivity contribution in [1.29, 1.82) is 0 Å². The summed E-state index contributed by atoms with van der Waals surface area (Å²) in [5.41, 5.74) is 2.08. The van der Waals surface area contributed by atoms with E-state index in [1.54, 1.807) is 6.07 Å². The topological polar surface area (TPSA) is 59.5 Å². The van der Waals surface area contributed by atoms with Crippen molar-refractivity contribution in [3.63, 3.8) is 0 Å². The number of nitrogens with zero attached hydrogens (tertiary/aromatic N) is 2. The van der Waals surface area contributed by atoms with Crippen LogP contribution in [-0.2, 0) is 20.5 Å². The van der Waals surface area contributed by atoms with Crippen LogP contribution >= 0.6 is 0 Å². The zero-order valence-electron chi connectivity index (χ0n) is 15.9. The van der Waals surface area contributed by atoms with Gasteiger partial charge in [-0.15, -0.1) is 0 Å². The van der Waals surface area contributed by atoms with Gasteiger partial charge < -0.3 is 9.64 Å². The molecule has 3 aliphatic rings. The summed E-state index contributed by atoms with van der Waals surface area (Å²) in [6, 6.07) is 19.5. The van der Waals surface area contributed by atoms with E-state index >= 15 is 0 Å². The minimum Gasteiger partial charge on any atom is -0.449 e. The Kier molecular flexibility index (Phi) is 3.26. The molecule has 3 heterocycles. The molecule has 1 saturated heterocycles. The first-order valence-electron chi connectivity index (χ1n) is 10.1. The Hall–Kier alpha value is -3.21. The molecule has 5 heteroatoms. The van der Waals surface area contributed by atoms with Gasteiger partial charge in [0.05, 0.1) is 28.7 Å². The van der Waals surface area contributed by atoms with E-state index in [0.29, 0.717) is 25.1 Å².